The van der Waals surface area contributed by atoms with Crippen LogP contribution in [0.3, 0.4) is 0 Å². The minimum Gasteiger partial charge on any atom is -0.304 e. The fraction of sp³-hybridized carbons (Fsp3) is 0.864. The highest BCUT2D eigenvalue weighted by Crippen LogP contribution is 2.13. The fourth-order valence-electron chi connectivity index (χ4n) is 6.46. The standard InChI is InChI=1S/C44H83NO2/c1-4-7-9-11-13-15-17-19-21-23-25-27-29-31-33-37-43(46)39-35-41-45(6-3)42-36-40-44(47)38-34-32-30-28-26-24-22-20-18-16-14-12-10-8-5-2/h19-22H,4-18,23-42H2,1-3H3/b21-19-,22-20-. The van der Waals surface area contributed by atoms with Gasteiger partial charge in [0.2, 0.25) is 0 Å². The fourth-order valence-corrected chi connectivity index (χ4v) is 6.46. The van der Waals surface area contributed by atoms with Gasteiger partial charge >= 0.3 is 0 Å². The molecular formula is C44H83NO2. The zero-order valence-electron chi connectivity index (χ0n) is 32.3. The van der Waals surface area contributed by atoms with Crippen molar-refractivity contribution in [1.29, 1.82) is 0 Å². The molecule has 0 aromatic carbocycles. The maximum Gasteiger partial charge on any atom is 0.132 e. The molecule has 0 aliphatic rings. The third-order valence-electron chi connectivity index (χ3n) is 9.74. The van der Waals surface area contributed by atoms with E-state index in [9.17, 15) is 9.59 Å². The molecule has 0 aromatic heterocycles. The molecule has 276 valence electrons. The average molecular weight is 658 g/mol. The van der Waals surface area contributed by atoms with Crippen LogP contribution in [0.25, 0.3) is 0 Å². The normalized spacial score (nSPS) is 11.9. The topological polar surface area (TPSA) is 37.4 Å². The van der Waals surface area contributed by atoms with Gasteiger partial charge in [-0.2, -0.15) is 0 Å². The van der Waals surface area contributed by atoms with E-state index in [1.54, 1.807) is 0 Å². The van der Waals surface area contributed by atoms with Gasteiger partial charge in [0.05, 0.1) is 0 Å². The molecule has 0 saturated carbocycles. The Morgan fingerprint density at radius 1 is 0.362 bits per heavy atom. The first-order valence-electron chi connectivity index (χ1n) is 21.2. The third-order valence-corrected chi connectivity index (χ3v) is 9.74. The van der Waals surface area contributed by atoms with Gasteiger partial charge in [-0.1, -0.05) is 148 Å². The molecule has 0 fully saturated rings. The second-order valence-electron chi connectivity index (χ2n) is 14.4. The molecule has 0 bridgehead atoms. The van der Waals surface area contributed by atoms with Crippen molar-refractivity contribution in [2.24, 2.45) is 0 Å². The summed E-state index contributed by atoms with van der Waals surface area (Å²) in [5.41, 5.74) is 0. The molecule has 0 N–H and O–H groups in total. The number of unbranched alkanes of at least 4 members (excludes halogenated alkanes) is 22. The minimum absolute atomic E-state index is 0.439. The van der Waals surface area contributed by atoms with Crippen LogP contribution in [0.2, 0.25) is 0 Å². The van der Waals surface area contributed by atoms with E-state index in [2.05, 4.69) is 50.0 Å². The summed E-state index contributed by atoms with van der Waals surface area (Å²) in [6.45, 7) is 9.72. The van der Waals surface area contributed by atoms with Gasteiger partial charge in [-0.3, -0.25) is 9.59 Å². The molecule has 0 aliphatic heterocycles. The first-order chi connectivity index (χ1) is 23.1. The van der Waals surface area contributed by atoms with Crippen LogP contribution in [0.5, 0.6) is 0 Å². The van der Waals surface area contributed by atoms with Gasteiger partial charge in [-0.05, 0) is 96.7 Å². The lowest BCUT2D eigenvalue weighted by Crippen LogP contribution is -2.26. The molecule has 0 spiro atoms. The van der Waals surface area contributed by atoms with Crippen molar-refractivity contribution in [2.45, 2.75) is 226 Å². The van der Waals surface area contributed by atoms with Gasteiger partial charge in [0.1, 0.15) is 11.6 Å². The van der Waals surface area contributed by atoms with Crippen LogP contribution in [-0.2, 0) is 9.59 Å². The average Bonchev–Trinajstić information content (AvgIpc) is 3.07. The number of nitrogens with zero attached hydrogens (tertiary/aromatic N) is 1. The highest BCUT2D eigenvalue weighted by molar-refractivity contribution is 5.78. The maximum absolute atomic E-state index is 12.4. The molecule has 3 nitrogen and oxygen atoms in total. The Labute approximate surface area is 295 Å². The summed E-state index contributed by atoms with van der Waals surface area (Å²) >= 11 is 0. The first-order valence-corrected chi connectivity index (χ1v) is 21.2. The van der Waals surface area contributed by atoms with Gasteiger partial charge in [0.15, 0.2) is 0 Å². The second kappa shape index (κ2) is 39.2. The lowest BCUT2D eigenvalue weighted by atomic mass is 10.0. The SMILES string of the molecule is CCCCCCCC/C=C\CCCCCCCC(=O)CCCN(CC)CCCC(=O)CCCCCCC/C=C\CCCCCCCC. The van der Waals surface area contributed by atoms with Crippen LogP contribution in [0, 0.1) is 0 Å². The number of allylic oxidation sites excluding steroid dienone is 4. The highest BCUT2D eigenvalue weighted by Gasteiger charge is 2.08. The van der Waals surface area contributed by atoms with Gasteiger partial charge < -0.3 is 4.90 Å². The van der Waals surface area contributed by atoms with Gasteiger partial charge in [-0.15, -0.1) is 0 Å². The van der Waals surface area contributed by atoms with Crippen molar-refractivity contribution in [3.8, 4) is 0 Å². The van der Waals surface area contributed by atoms with Crippen LogP contribution in [0.15, 0.2) is 24.3 Å². The summed E-state index contributed by atoms with van der Waals surface area (Å²) in [5, 5.41) is 0. The van der Waals surface area contributed by atoms with Crippen molar-refractivity contribution in [2.75, 3.05) is 19.6 Å². The van der Waals surface area contributed by atoms with Crippen molar-refractivity contribution >= 4 is 11.6 Å². The molecule has 0 heterocycles. The molecule has 0 atom stereocenters. The Morgan fingerprint density at radius 2 is 0.638 bits per heavy atom. The predicted molar refractivity (Wildman–Crippen MR) is 209 cm³/mol. The second-order valence-corrected chi connectivity index (χ2v) is 14.4. The Balaban J connectivity index is 3.53. The summed E-state index contributed by atoms with van der Waals surface area (Å²) < 4.78 is 0. The van der Waals surface area contributed by atoms with E-state index in [0.29, 0.717) is 24.4 Å². The summed E-state index contributed by atoms with van der Waals surface area (Å²) in [7, 11) is 0. The Morgan fingerprint density at radius 3 is 0.957 bits per heavy atom. The Kier molecular flexibility index (Phi) is 38.2. The molecule has 0 aliphatic carbocycles. The van der Waals surface area contributed by atoms with Gasteiger partial charge in [0.25, 0.3) is 0 Å². The lowest BCUT2D eigenvalue weighted by molar-refractivity contribution is -0.120. The zero-order chi connectivity index (χ0) is 34.3. The number of ketones is 2. The van der Waals surface area contributed by atoms with Crippen LogP contribution in [0.1, 0.15) is 226 Å². The molecule has 0 rings (SSSR count). The largest absolute Gasteiger partial charge is 0.304 e. The first kappa shape index (κ1) is 45.8. The molecule has 47 heavy (non-hydrogen) atoms. The maximum atomic E-state index is 12.4. The smallest absolute Gasteiger partial charge is 0.132 e. The number of carbonyl (C=O) groups excluding carboxylic acids is 2. The van der Waals surface area contributed by atoms with E-state index in [4.69, 9.17) is 0 Å². The van der Waals surface area contributed by atoms with Crippen molar-refractivity contribution in [1.82, 2.24) is 4.90 Å². The number of hydrogen-bond acceptors (Lipinski definition) is 3. The molecule has 0 aromatic rings. The highest BCUT2D eigenvalue weighted by atomic mass is 16.1. The molecule has 0 saturated heterocycles. The van der Waals surface area contributed by atoms with Crippen molar-refractivity contribution in [3.63, 3.8) is 0 Å². The van der Waals surface area contributed by atoms with E-state index >= 15 is 0 Å². The van der Waals surface area contributed by atoms with Crippen LogP contribution >= 0.6 is 0 Å². The van der Waals surface area contributed by atoms with E-state index in [-0.39, 0.29) is 0 Å². The number of hydrogen-bond donors (Lipinski definition) is 0. The van der Waals surface area contributed by atoms with Gasteiger partial charge in [-0.25, -0.2) is 0 Å². The van der Waals surface area contributed by atoms with Crippen molar-refractivity contribution in [3.05, 3.63) is 24.3 Å². The summed E-state index contributed by atoms with van der Waals surface area (Å²) in [4.78, 5) is 27.1. The quantitative estimate of drug-likeness (QED) is 0.0487. The van der Waals surface area contributed by atoms with E-state index in [1.165, 1.54) is 154 Å². The van der Waals surface area contributed by atoms with Crippen molar-refractivity contribution < 1.29 is 9.59 Å². The third kappa shape index (κ3) is 37.4. The molecule has 0 unspecified atom stereocenters. The van der Waals surface area contributed by atoms with Crippen LogP contribution in [0.4, 0.5) is 0 Å². The zero-order valence-corrected chi connectivity index (χ0v) is 32.3. The van der Waals surface area contributed by atoms with Crippen LogP contribution in [-0.4, -0.2) is 36.1 Å². The Bertz CT molecular complexity index is 654. The van der Waals surface area contributed by atoms with Gasteiger partial charge in [0, 0.05) is 25.7 Å². The summed E-state index contributed by atoms with van der Waals surface area (Å²) in [6, 6.07) is 0. The van der Waals surface area contributed by atoms with Crippen LogP contribution < -0.4 is 0 Å². The molecule has 3 heteroatoms. The van der Waals surface area contributed by atoms with E-state index < -0.39 is 0 Å². The minimum atomic E-state index is 0.439. The number of carbonyl (C=O) groups is 2. The Hall–Kier alpha value is -1.22. The lowest BCUT2D eigenvalue weighted by Gasteiger charge is -2.19. The summed E-state index contributed by atoms with van der Waals surface area (Å²) in [5.74, 6) is 0.877. The number of Topliss-reactive ketones (excluding diaryl/α,β-unsaturated/α-hetero) is 2. The molecular weight excluding hydrogens is 574 g/mol. The molecule has 0 amide bonds. The summed E-state index contributed by atoms with van der Waals surface area (Å²) in [6.07, 6.45) is 48.1. The van der Waals surface area contributed by atoms with E-state index in [1.807, 2.05) is 0 Å². The predicted octanol–water partition coefficient (Wildman–Crippen LogP) is 14.1. The monoisotopic (exact) mass is 658 g/mol. The molecule has 0 radical (unpaired) electrons. The van der Waals surface area contributed by atoms with E-state index in [0.717, 1.165) is 58.2 Å². The number of rotatable bonds is 39.